The Hall–Kier alpha value is -7.21. The fraction of sp³-hybridized carbons (Fsp3) is 0. The first-order valence-electron chi connectivity index (χ1n) is 18.7. The number of para-hydroxylation sites is 1. The Morgan fingerprint density at radius 3 is 1.66 bits per heavy atom. The molecule has 0 aliphatic rings. The summed E-state index contributed by atoms with van der Waals surface area (Å²) < 4.78 is 9.34. The average Bonchev–Trinajstić information content (AvgIpc) is 3.86. The van der Waals surface area contributed by atoms with E-state index in [1.165, 1.54) is 36.9 Å². The van der Waals surface area contributed by atoms with Gasteiger partial charge in [0, 0.05) is 58.8 Å². The van der Waals surface area contributed by atoms with Gasteiger partial charge in [0.15, 0.2) is 17.5 Å². The molecule has 0 aliphatic carbocycles. The lowest BCUT2D eigenvalue weighted by atomic mass is 9.93. The first-order chi connectivity index (χ1) is 27.7. The van der Waals surface area contributed by atoms with Crippen LogP contribution >= 0.6 is 11.3 Å². The molecule has 8 aromatic carbocycles. The number of fused-ring (bicyclic) bond motifs is 6. The summed E-state index contributed by atoms with van der Waals surface area (Å²) >= 11 is 1.85. The van der Waals surface area contributed by atoms with Gasteiger partial charge in [-0.25, -0.2) is 15.0 Å². The van der Waals surface area contributed by atoms with E-state index >= 15 is 0 Å². The first kappa shape index (κ1) is 32.2. The van der Waals surface area contributed by atoms with Crippen LogP contribution in [0, 0.1) is 0 Å². The monoisotopic (exact) mass is 733 g/mol. The normalized spacial score (nSPS) is 11.6. The van der Waals surface area contributed by atoms with E-state index < -0.39 is 0 Å². The second-order valence-corrected chi connectivity index (χ2v) is 15.0. The molecule has 262 valence electrons. The van der Waals surface area contributed by atoms with Crippen molar-refractivity contribution in [2.45, 2.75) is 0 Å². The summed E-state index contributed by atoms with van der Waals surface area (Å²) in [7, 11) is 0. The van der Waals surface area contributed by atoms with Crippen molar-refractivity contribution in [3.05, 3.63) is 188 Å². The highest BCUT2D eigenvalue weighted by Gasteiger charge is 2.21. The van der Waals surface area contributed by atoms with E-state index in [1.54, 1.807) is 0 Å². The van der Waals surface area contributed by atoms with Gasteiger partial charge < -0.3 is 4.42 Å². The van der Waals surface area contributed by atoms with E-state index in [0.717, 1.165) is 55.3 Å². The Kier molecular flexibility index (Phi) is 7.64. The standard InChI is InChI=1S/C51H31N3OS/c1-4-14-32(15-5-1)35-26-27-39-41-23-13-24-42(48(41)56-45(39)31-35)40-29-28-38(46-43-22-10-11-25-44(43)55-47(40)46)36-20-12-21-37(30-36)51-53-49(33-16-6-2-7-17-33)52-50(54-51)34-18-8-3-9-19-34/h1-31H. The van der Waals surface area contributed by atoms with Gasteiger partial charge in [0.25, 0.3) is 0 Å². The van der Waals surface area contributed by atoms with Crippen molar-refractivity contribution < 1.29 is 4.42 Å². The summed E-state index contributed by atoms with van der Waals surface area (Å²) in [6.07, 6.45) is 0. The van der Waals surface area contributed by atoms with Gasteiger partial charge >= 0.3 is 0 Å². The molecule has 0 bridgehead atoms. The molecule has 56 heavy (non-hydrogen) atoms. The number of thiophene rings is 1. The zero-order chi connectivity index (χ0) is 37.0. The van der Waals surface area contributed by atoms with Crippen LogP contribution in [-0.4, -0.2) is 15.0 Å². The fourth-order valence-corrected chi connectivity index (χ4v) is 9.13. The van der Waals surface area contributed by atoms with Gasteiger partial charge in [-0.3, -0.25) is 0 Å². The second kappa shape index (κ2) is 13.3. The predicted octanol–water partition coefficient (Wildman–Crippen LogP) is 14.1. The predicted molar refractivity (Wildman–Crippen MR) is 233 cm³/mol. The number of furan rings is 1. The van der Waals surface area contributed by atoms with Crippen LogP contribution in [-0.2, 0) is 0 Å². The molecule has 0 radical (unpaired) electrons. The summed E-state index contributed by atoms with van der Waals surface area (Å²) in [5.41, 5.74) is 11.4. The lowest BCUT2D eigenvalue weighted by molar-refractivity contribution is 0.670. The van der Waals surface area contributed by atoms with Crippen molar-refractivity contribution >= 4 is 53.4 Å². The van der Waals surface area contributed by atoms with E-state index in [9.17, 15) is 0 Å². The molecule has 0 aliphatic heterocycles. The third-order valence-corrected chi connectivity index (χ3v) is 11.8. The molecule has 11 aromatic rings. The van der Waals surface area contributed by atoms with E-state index in [1.807, 2.05) is 78.1 Å². The molecule has 0 N–H and O–H groups in total. The molecule has 0 saturated carbocycles. The lowest BCUT2D eigenvalue weighted by Gasteiger charge is -2.11. The number of hydrogen-bond acceptors (Lipinski definition) is 5. The van der Waals surface area contributed by atoms with E-state index in [4.69, 9.17) is 19.4 Å². The summed E-state index contributed by atoms with van der Waals surface area (Å²) in [5, 5.41) is 4.69. The van der Waals surface area contributed by atoms with Crippen LogP contribution in [0.3, 0.4) is 0 Å². The van der Waals surface area contributed by atoms with Gasteiger partial charge in [0.2, 0.25) is 0 Å². The van der Waals surface area contributed by atoms with Crippen LogP contribution in [0.15, 0.2) is 192 Å². The minimum Gasteiger partial charge on any atom is -0.455 e. The molecule has 0 atom stereocenters. The lowest BCUT2D eigenvalue weighted by Crippen LogP contribution is -2.00. The Morgan fingerprint density at radius 1 is 0.357 bits per heavy atom. The minimum atomic E-state index is 0.622. The number of nitrogens with zero attached hydrogens (tertiary/aromatic N) is 3. The maximum Gasteiger partial charge on any atom is 0.164 e. The van der Waals surface area contributed by atoms with Crippen LogP contribution in [0.1, 0.15) is 0 Å². The zero-order valence-corrected chi connectivity index (χ0v) is 30.9. The van der Waals surface area contributed by atoms with Crippen LogP contribution in [0.4, 0.5) is 0 Å². The van der Waals surface area contributed by atoms with Gasteiger partial charge in [0.05, 0.1) is 0 Å². The molecule has 0 fully saturated rings. The van der Waals surface area contributed by atoms with Crippen molar-refractivity contribution in [3.63, 3.8) is 0 Å². The van der Waals surface area contributed by atoms with Crippen molar-refractivity contribution in [3.8, 4) is 67.5 Å². The van der Waals surface area contributed by atoms with E-state index in [-0.39, 0.29) is 0 Å². The Labute approximate surface area is 327 Å². The second-order valence-electron chi connectivity index (χ2n) is 13.9. The molecule has 0 unspecified atom stereocenters. The van der Waals surface area contributed by atoms with Gasteiger partial charge in [-0.05, 0) is 46.5 Å². The smallest absolute Gasteiger partial charge is 0.164 e. The average molecular weight is 734 g/mol. The molecule has 3 aromatic heterocycles. The van der Waals surface area contributed by atoms with Gasteiger partial charge in [-0.2, -0.15) is 0 Å². The van der Waals surface area contributed by atoms with Crippen LogP contribution in [0.2, 0.25) is 0 Å². The SMILES string of the molecule is c1ccc(-c2ccc3c(c2)sc2c(-c4ccc(-c5cccc(-c6nc(-c7ccccc7)nc(-c7ccccc7)n6)c5)c5c4oc4ccccc45)cccc23)cc1. The van der Waals surface area contributed by atoms with Crippen molar-refractivity contribution in [1.29, 1.82) is 0 Å². The summed E-state index contributed by atoms with van der Waals surface area (Å²) in [4.78, 5) is 14.9. The Balaban J connectivity index is 1.08. The molecular formula is C51H31N3OS. The highest BCUT2D eigenvalue weighted by atomic mass is 32.1. The first-order valence-corrected chi connectivity index (χ1v) is 19.5. The topological polar surface area (TPSA) is 51.8 Å². The molecular weight excluding hydrogens is 703 g/mol. The molecule has 5 heteroatoms. The quantitative estimate of drug-likeness (QED) is 0.171. The summed E-state index contributed by atoms with van der Waals surface area (Å²) in [5.74, 6) is 1.90. The number of hydrogen-bond donors (Lipinski definition) is 0. The van der Waals surface area contributed by atoms with Gasteiger partial charge in [-0.15, -0.1) is 11.3 Å². The maximum atomic E-state index is 6.82. The maximum absolute atomic E-state index is 6.82. The van der Waals surface area contributed by atoms with Crippen molar-refractivity contribution in [2.75, 3.05) is 0 Å². The molecule has 11 rings (SSSR count). The van der Waals surface area contributed by atoms with E-state index in [0.29, 0.717) is 17.5 Å². The molecule has 3 heterocycles. The van der Waals surface area contributed by atoms with Crippen LogP contribution in [0.25, 0.3) is 110 Å². The van der Waals surface area contributed by atoms with E-state index in [2.05, 4.69) is 121 Å². The number of benzene rings is 8. The molecule has 0 saturated heterocycles. The van der Waals surface area contributed by atoms with Crippen molar-refractivity contribution in [2.24, 2.45) is 0 Å². The Morgan fingerprint density at radius 2 is 0.929 bits per heavy atom. The minimum absolute atomic E-state index is 0.622. The third kappa shape index (κ3) is 5.48. The fourth-order valence-electron chi connectivity index (χ4n) is 7.86. The van der Waals surface area contributed by atoms with Gasteiger partial charge in [0.1, 0.15) is 11.2 Å². The number of aromatic nitrogens is 3. The molecule has 0 amide bonds. The molecule has 4 nitrogen and oxygen atoms in total. The summed E-state index contributed by atoms with van der Waals surface area (Å²) in [6.45, 7) is 0. The Bertz CT molecular complexity index is 3180. The van der Waals surface area contributed by atoms with Crippen LogP contribution in [0.5, 0.6) is 0 Å². The third-order valence-electron chi connectivity index (χ3n) is 10.6. The highest BCUT2D eigenvalue weighted by Crippen LogP contribution is 2.46. The molecule has 0 spiro atoms. The van der Waals surface area contributed by atoms with Crippen LogP contribution < -0.4 is 0 Å². The van der Waals surface area contributed by atoms with Crippen molar-refractivity contribution in [1.82, 2.24) is 15.0 Å². The zero-order valence-electron chi connectivity index (χ0n) is 30.1. The number of rotatable bonds is 6. The van der Waals surface area contributed by atoms with Gasteiger partial charge in [-0.1, -0.05) is 164 Å². The summed E-state index contributed by atoms with van der Waals surface area (Å²) in [6, 6.07) is 65.6. The highest BCUT2D eigenvalue weighted by molar-refractivity contribution is 7.26. The largest absolute Gasteiger partial charge is 0.455 e.